The van der Waals surface area contributed by atoms with Crippen molar-refractivity contribution in [3.8, 4) is 0 Å². The van der Waals surface area contributed by atoms with Crippen LogP contribution >= 0.6 is 23.4 Å². The summed E-state index contributed by atoms with van der Waals surface area (Å²) < 4.78 is 37.7. The summed E-state index contributed by atoms with van der Waals surface area (Å²) >= 11 is 6.13. The van der Waals surface area contributed by atoms with E-state index in [0.29, 0.717) is 11.8 Å². The molecule has 0 spiro atoms. The van der Waals surface area contributed by atoms with Crippen molar-refractivity contribution in [3.63, 3.8) is 0 Å². The molecule has 7 heteroatoms. The van der Waals surface area contributed by atoms with Crippen molar-refractivity contribution in [2.75, 3.05) is 0 Å². The van der Waals surface area contributed by atoms with Crippen molar-refractivity contribution >= 4 is 29.3 Å². The number of hydrogen-bond acceptors (Lipinski definition) is 2. The number of carboxylic acids is 1. The van der Waals surface area contributed by atoms with Gasteiger partial charge < -0.3 is 5.11 Å². The van der Waals surface area contributed by atoms with Gasteiger partial charge in [0.15, 0.2) is 0 Å². The van der Waals surface area contributed by atoms with E-state index >= 15 is 0 Å². The van der Waals surface area contributed by atoms with Crippen LogP contribution in [0.3, 0.4) is 0 Å². The molecule has 0 aliphatic heterocycles. The van der Waals surface area contributed by atoms with E-state index in [1.54, 1.807) is 12.1 Å². The summed E-state index contributed by atoms with van der Waals surface area (Å²) in [6, 6.07) is 6.01. The van der Waals surface area contributed by atoms with Crippen LogP contribution in [0.1, 0.15) is 6.42 Å². The summed E-state index contributed by atoms with van der Waals surface area (Å²) in [5.41, 5.74) is 0. The Kier molecular flexibility index (Phi) is 4.70. The maximum Gasteiger partial charge on any atom is 0.401 e. The Bertz CT molecular complexity index is 409. The Labute approximate surface area is 105 Å². The number of halogens is 4. The predicted molar refractivity (Wildman–Crippen MR) is 59.4 cm³/mol. The molecular formula is C10H8ClF3O2S. The summed E-state index contributed by atoms with van der Waals surface area (Å²) in [4.78, 5) is 10.6. The van der Waals surface area contributed by atoms with Crippen molar-refractivity contribution < 1.29 is 23.1 Å². The molecule has 2 nitrogen and oxygen atoms in total. The number of carboxylic acid groups (broad SMARTS) is 1. The maximum atomic E-state index is 12.6. The van der Waals surface area contributed by atoms with Gasteiger partial charge in [0.1, 0.15) is 5.25 Å². The molecule has 0 aliphatic carbocycles. The third kappa shape index (κ3) is 4.47. The highest BCUT2D eigenvalue weighted by Crippen LogP contribution is 2.39. The molecule has 17 heavy (non-hydrogen) atoms. The molecule has 0 amide bonds. The first-order valence-electron chi connectivity index (χ1n) is 4.50. The number of thioether (sulfide) groups is 1. The van der Waals surface area contributed by atoms with Crippen LogP contribution in [-0.2, 0) is 4.79 Å². The van der Waals surface area contributed by atoms with Gasteiger partial charge >= 0.3 is 12.1 Å². The van der Waals surface area contributed by atoms with Gasteiger partial charge in [0.25, 0.3) is 0 Å². The van der Waals surface area contributed by atoms with E-state index in [9.17, 15) is 18.0 Å². The van der Waals surface area contributed by atoms with E-state index in [2.05, 4.69) is 0 Å². The summed E-state index contributed by atoms with van der Waals surface area (Å²) in [6.07, 6.45) is -5.57. The average Bonchev–Trinajstić information content (AvgIpc) is 2.18. The van der Waals surface area contributed by atoms with Crippen molar-refractivity contribution in [3.05, 3.63) is 29.3 Å². The molecule has 0 aromatic heterocycles. The molecule has 0 saturated carbocycles. The van der Waals surface area contributed by atoms with Crippen molar-refractivity contribution in [1.29, 1.82) is 0 Å². The lowest BCUT2D eigenvalue weighted by Gasteiger charge is -2.18. The van der Waals surface area contributed by atoms with Crippen LogP contribution in [0.5, 0.6) is 0 Å². The largest absolute Gasteiger partial charge is 0.481 e. The third-order valence-electron chi connectivity index (χ3n) is 1.83. The highest BCUT2D eigenvalue weighted by atomic mass is 35.5. The zero-order chi connectivity index (χ0) is 13.1. The van der Waals surface area contributed by atoms with Crippen LogP contribution in [0, 0.1) is 0 Å². The van der Waals surface area contributed by atoms with E-state index in [4.69, 9.17) is 16.7 Å². The van der Waals surface area contributed by atoms with Gasteiger partial charge in [0, 0.05) is 4.90 Å². The maximum absolute atomic E-state index is 12.6. The number of carbonyl (C=O) groups is 1. The lowest BCUT2D eigenvalue weighted by Crippen LogP contribution is -2.28. The van der Waals surface area contributed by atoms with E-state index in [1.807, 2.05) is 0 Å². The highest BCUT2D eigenvalue weighted by Gasteiger charge is 2.41. The Morgan fingerprint density at radius 3 is 2.47 bits per heavy atom. The Balaban J connectivity index is 2.87. The zero-order valence-corrected chi connectivity index (χ0v) is 9.94. The molecule has 0 fully saturated rings. The first-order valence-corrected chi connectivity index (χ1v) is 5.76. The van der Waals surface area contributed by atoms with Gasteiger partial charge in [-0.25, -0.2) is 0 Å². The van der Waals surface area contributed by atoms with Gasteiger partial charge in [-0.3, -0.25) is 4.79 Å². The highest BCUT2D eigenvalue weighted by molar-refractivity contribution is 8.00. The normalized spacial score (nSPS) is 13.4. The van der Waals surface area contributed by atoms with E-state index < -0.39 is 23.8 Å². The van der Waals surface area contributed by atoms with E-state index in [-0.39, 0.29) is 9.92 Å². The molecule has 1 N–H and O–H groups in total. The molecule has 1 unspecified atom stereocenters. The summed E-state index contributed by atoms with van der Waals surface area (Å²) in [6.45, 7) is 0. The Morgan fingerprint density at radius 1 is 1.41 bits per heavy atom. The van der Waals surface area contributed by atoms with Crippen molar-refractivity contribution in [2.45, 2.75) is 22.7 Å². The minimum Gasteiger partial charge on any atom is -0.481 e. The standard InChI is InChI=1S/C10H8ClF3O2S/c11-6-3-1-2-4-7(6)17-8(5-9(15)16)10(12,13)14/h1-4,8H,5H2,(H,15,16). The molecule has 1 aromatic rings. The predicted octanol–water partition coefficient (Wildman–Crippen LogP) is 3.84. The smallest absolute Gasteiger partial charge is 0.401 e. The first-order chi connectivity index (χ1) is 7.80. The molecule has 0 radical (unpaired) electrons. The summed E-state index contributed by atoms with van der Waals surface area (Å²) in [5.74, 6) is -1.49. The van der Waals surface area contributed by atoms with Gasteiger partial charge in [-0.15, -0.1) is 11.8 Å². The molecule has 1 aromatic carbocycles. The fourth-order valence-corrected chi connectivity index (χ4v) is 2.35. The number of rotatable bonds is 4. The lowest BCUT2D eigenvalue weighted by atomic mass is 10.3. The van der Waals surface area contributed by atoms with Crippen LogP contribution in [0.15, 0.2) is 29.2 Å². The minimum atomic E-state index is -4.58. The number of aliphatic carboxylic acids is 1. The molecule has 0 aliphatic rings. The van der Waals surface area contributed by atoms with Crippen molar-refractivity contribution in [2.24, 2.45) is 0 Å². The fraction of sp³-hybridized carbons (Fsp3) is 0.300. The SMILES string of the molecule is O=C(O)CC(Sc1ccccc1Cl)C(F)(F)F. The van der Waals surface area contributed by atoms with Crippen LogP contribution in [0.2, 0.25) is 5.02 Å². The first kappa shape index (κ1) is 14.2. The molecule has 0 bridgehead atoms. The molecule has 0 heterocycles. The topological polar surface area (TPSA) is 37.3 Å². The average molecular weight is 285 g/mol. The second-order valence-corrected chi connectivity index (χ2v) is 4.83. The van der Waals surface area contributed by atoms with Crippen LogP contribution in [0.25, 0.3) is 0 Å². The van der Waals surface area contributed by atoms with Crippen LogP contribution in [-0.4, -0.2) is 22.5 Å². The molecule has 0 saturated heterocycles. The summed E-state index contributed by atoms with van der Waals surface area (Å²) in [5, 5.41) is 6.63. The van der Waals surface area contributed by atoms with Crippen LogP contribution < -0.4 is 0 Å². The van der Waals surface area contributed by atoms with Gasteiger partial charge in [-0.2, -0.15) is 13.2 Å². The van der Waals surface area contributed by atoms with Gasteiger partial charge in [-0.1, -0.05) is 23.7 Å². The van der Waals surface area contributed by atoms with Crippen LogP contribution in [0.4, 0.5) is 13.2 Å². The molecular weight excluding hydrogens is 277 g/mol. The van der Waals surface area contributed by atoms with E-state index in [1.165, 1.54) is 12.1 Å². The van der Waals surface area contributed by atoms with Gasteiger partial charge in [0.2, 0.25) is 0 Å². The number of alkyl halides is 3. The molecule has 1 atom stereocenters. The lowest BCUT2D eigenvalue weighted by molar-refractivity contribution is -0.149. The number of hydrogen-bond donors (Lipinski definition) is 1. The second-order valence-electron chi connectivity index (χ2n) is 3.18. The van der Waals surface area contributed by atoms with Gasteiger partial charge in [0.05, 0.1) is 11.4 Å². The van der Waals surface area contributed by atoms with Crippen molar-refractivity contribution in [1.82, 2.24) is 0 Å². The quantitative estimate of drug-likeness (QED) is 0.854. The molecule has 94 valence electrons. The molecule has 1 rings (SSSR count). The zero-order valence-electron chi connectivity index (χ0n) is 8.37. The summed E-state index contributed by atoms with van der Waals surface area (Å²) in [7, 11) is 0. The van der Waals surface area contributed by atoms with Gasteiger partial charge in [-0.05, 0) is 12.1 Å². The van der Waals surface area contributed by atoms with E-state index in [0.717, 1.165) is 0 Å². The number of benzene rings is 1. The Morgan fingerprint density at radius 2 is 2.00 bits per heavy atom. The third-order valence-corrected chi connectivity index (χ3v) is 3.60. The fourth-order valence-electron chi connectivity index (χ4n) is 1.08. The monoisotopic (exact) mass is 284 g/mol. The Hall–Kier alpha value is -0.880. The minimum absolute atomic E-state index is 0.178. The second kappa shape index (κ2) is 5.64.